The topological polar surface area (TPSA) is 63.1 Å². The number of nitrogens with zero attached hydrogens (tertiary/aromatic N) is 2. The number of aromatic carboxylic acids is 1. The minimum absolute atomic E-state index is 0.284. The Morgan fingerprint density at radius 2 is 2.22 bits per heavy atom. The van der Waals surface area contributed by atoms with Crippen LogP contribution in [0.1, 0.15) is 20.9 Å². The lowest BCUT2D eigenvalue weighted by Crippen LogP contribution is -1.94. The molecule has 0 atom stereocenters. The van der Waals surface area contributed by atoms with E-state index in [4.69, 9.17) is 5.11 Å². The summed E-state index contributed by atoms with van der Waals surface area (Å²) in [5, 5.41) is 9.77. The molecular formula is C11H9BrN2O2S2. The second-order valence-electron chi connectivity index (χ2n) is 3.57. The molecular weight excluding hydrogens is 336 g/mol. The van der Waals surface area contributed by atoms with Crippen LogP contribution in [0.3, 0.4) is 0 Å². The summed E-state index contributed by atoms with van der Waals surface area (Å²) in [4.78, 5) is 19.7. The fourth-order valence-corrected chi connectivity index (χ4v) is 3.50. The Morgan fingerprint density at radius 3 is 2.78 bits per heavy atom. The lowest BCUT2D eigenvalue weighted by atomic mass is 10.3. The van der Waals surface area contributed by atoms with E-state index >= 15 is 0 Å². The van der Waals surface area contributed by atoms with Gasteiger partial charge in [-0.3, -0.25) is 0 Å². The van der Waals surface area contributed by atoms with Gasteiger partial charge < -0.3 is 5.11 Å². The van der Waals surface area contributed by atoms with Crippen LogP contribution in [0.25, 0.3) is 0 Å². The zero-order valence-electron chi connectivity index (χ0n) is 9.60. The number of hydrogen-bond donors (Lipinski definition) is 1. The van der Waals surface area contributed by atoms with Crippen molar-refractivity contribution in [2.24, 2.45) is 0 Å². The van der Waals surface area contributed by atoms with Gasteiger partial charge in [-0.1, -0.05) is 11.3 Å². The van der Waals surface area contributed by atoms with Crippen LogP contribution < -0.4 is 0 Å². The zero-order chi connectivity index (χ0) is 13.3. The summed E-state index contributed by atoms with van der Waals surface area (Å²) < 4.78 is 1.65. The van der Waals surface area contributed by atoms with Crippen molar-refractivity contribution in [2.45, 2.75) is 23.2 Å². The summed E-state index contributed by atoms with van der Waals surface area (Å²) in [5.74, 6) is -0.934. The number of hydrogen-bond acceptors (Lipinski definition) is 5. The summed E-state index contributed by atoms with van der Waals surface area (Å²) in [6.07, 6.45) is 1.73. The van der Waals surface area contributed by atoms with Crippen molar-refractivity contribution in [3.05, 3.63) is 32.9 Å². The number of thiazole rings is 1. The maximum Gasteiger partial charge on any atom is 0.347 e. The van der Waals surface area contributed by atoms with Crippen LogP contribution >= 0.6 is 39.0 Å². The lowest BCUT2D eigenvalue weighted by molar-refractivity contribution is 0.0701. The van der Waals surface area contributed by atoms with Gasteiger partial charge in [-0.05, 0) is 53.2 Å². The van der Waals surface area contributed by atoms with Crippen LogP contribution in [0.2, 0.25) is 0 Å². The van der Waals surface area contributed by atoms with Crippen LogP contribution in [-0.2, 0) is 0 Å². The summed E-state index contributed by atoms with van der Waals surface area (Å²) in [6.45, 7) is 3.68. The fraction of sp³-hybridized carbons (Fsp3) is 0.182. The highest BCUT2D eigenvalue weighted by Gasteiger charge is 2.15. The first kappa shape index (κ1) is 13.5. The Morgan fingerprint density at radius 1 is 1.50 bits per heavy atom. The third-order valence-electron chi connectivity index (χ3n) is 2.18. The van der Waals surface area contributed by atoms with Gasteiger partial charge in [0.25, 0.3) is 0 Å². The quantitative estimate of drug-likeness (QED) is 0.918. The van der Waals surface area contributed by atoms with Crippen LogP contribution in [0.5, 0.6) is 0 Å². The number of aromatic nitrogens is 2. The van der Waals surface area contributed by atoms with Crippen molar-refractivity contribution in [2.75, 3.05) is 0 Å². The molecule has 7 heteroatoms. The Balaban J connectivity index is 2.26. The third kappa shape index (κ3) is 2.90. The van der Waals surface area contributed by atoms with Crippen LogP contribution in [0, 0.1) is 13.8 Å². The van der Waals surface area contributed by atoms with E-state index < -0.39 is 5.97 Å². The Hall–Kier alpha value is -0.920. The molecule has 0 aliphatic heterocycles. The number of carboxylic acid groups (broad SMARTS) is 1. The van der Waals surface area contributed by atoms with Crippen molar-refractivity contribution >= 4 is 45.0 Å². The van der Waals surface area contributed by atoms with Gasteiger partial charge in [0.2, 0.25) is 0 Å². The number of rotatable bonds is 3. The second kappa shape index (κ2) is 5.38. The van der Waals surface area contributed by atoms with E-state index in [0.29, 0.717) is 10.0 Å². The van der Waals surface area contributed by atoms with Crippen LogP contribution in [-0.4, -0.2) is 21.0 Å². The van der Waals surface area contributed by atoms with E-state index in [-0.39, 0.29) is 4.88 Å². The monoisotopic (exact) mass is 344 g/mol. The van der Waals surface area contributed by atoms with Gasteiger partial charge in [0.05, 0.1) is 5.69 Å². The van der Waals surface area contributed by atoms with E-state index in [0.717, 1.165) is 15.1 Å². The molecule has 0 spiro atoms. The zero-order valence-corrected chi connectivity index (χ0v) is 12.8. The molecule has 0 aromatic carbocycles. The highest BCUT2D eigenvalue weighted by atomic mass is 79.9. The summed E-state index contributed by atoms with van der Waals surface area (Å²) in [6, 6.07) is 1.94. The largest absolute Gasteiger partial charge is 0.477 e. The number of carbonyl (C=O) groups is 1. The van der Waals surface area contributed by atoms with Crippen molar-refractivity contribution in [1.29, 1.82) is 0 Å². The lowest BCUT2D eigenvalue weighted by Gasteiger charge is -2.00. The van der Waals surface area contributed by atoms with Crippen molar-refractivity contribution in [3.63, 3.8) is 0 Å². The molecule has 2 rings (SSSR count). The van der Waals surface area contributed by atoms with Gasteiger partial charge in [0, 0.05) is 10.7 Å². The molecule has 1 N–H and O–H groups in total. The minimum atomic E-state index is -0.934. The smallest absolute Gasteiger partial charge is 0.347 e. The number of halogens is 1. The standard InChI is InChI=1S/C11H9BrN2O2S2/c1-5-3-8(13-4-7(5)12)17-11-14-6(2)9(18-11)10(15)16/h3-4H,1-2H3,(H,15,16). The molecule has 0 aliphatic rings. The van der Waals surface area contributed by atoms with E-state index in [2.05, 4.69) is 25.9 Å². The summed E-state index contributed by atoms with van der Waals surface area (Å²) in [7, 11) is 0. The molecule has 0 bridgehead atoms. The van der Waals surface area contributed by atoms with Crippen molar-refractivity contribution in [1.82, 2.24) is 9.97 Å². The third-order valence-corrected chi connectivity index (χ3v) is 5.15. The Kier molecular flexibility index (Phi) is 4.04. The highest BCUT2D eigenvalue weighted by molar-refractivity contribution is 9.10. The SMILES string of the molecule is Cc1cc(Sc2nc(C)c(C(=O)O)s2)ncc1Br. The fourth-order valence-electron chi connectivity index (χ4n) is 1.27. The molecule has 0 amide bonds. The number of carboxylic acids is 1. The van der Waals surface area contributed by atoms with E-state index in [1.165, 1.54) is 23.1 Å². The molecule has 0 aliphatic carbocycles. The molecule has 94 valence electrons. The normalized spacial score (nSPS) is 10.6. The van der Waals surface area contributed by atoms with Gasteiger partial charge in [0.15, 0.2) is 4.34 Å². The van der Waals surface area contributed by atoms with Crippen molar-refractivity contribution in [3.8, 4) is 0 Å². The first-order chi connectivity index (χ1) is 8.47. The molecule has 0 saturated carbocycles. The average molecular weight is 345 g/mol. The van der Waals surface area contributed by atoms with E-state index in [1.54, 1.807) is 13.1 Å². The highest BCUT2D eigenvalue weighted by Crippen LogP contribution is 2.33. The first-order valence-corrected chi connectivity index (χ1v) is 7.40. The maximum atomic E-state index is 10.9. The predicted octanol–water partition coefficient (Wildman–Crippen LogP) is 3.77. The maximum absolute atomic E-state index is 10.9. The van der Waals surface area contributed by atoms with Crippen molar-refractivity contribution < 1.29 is 9.90 Å². The molecule has 0 unspecified atom stereocenters. The predicted molar refractivity (Wildman–Crippen MR) is 74.6 cm³/mol. The molecule has 2 heterocycles. The second-order valence-corrected chi connectivity index (χ2v) is 6.69. The number of pyridine rings is 1. The van der Waals surface area contributed by atoms with Gasteiger partial charge in [-0.25, -0.2) is 14.8 Å². The molecule has 0 saturated heterocycles. The first-order valence-electron chi connectivity index (χ1n) is 4.98. The molecule has 4 nitrogen and oxygen atoms in total. The summed E-state index contributed by atoms with van der Waals surface area (Å²) >= 11 is 5.94. The number of aryl methyl sites for hydroxylation is 2. The molecule has 2 aromatic rings. The average Bonchev–Trinajstić information content (AvgIpc) is 2.65. The minimum Gasteiger partial charge on any atom is -0.477 e. The molecule has 18 heavy (non-hydrogen) atoms. The van der Waals surface area contributed by atoms with Gasteiger partial charge in [-0.2, -0.15) is 0 Å². The van der Waals surface area contributed by atoms with Gasteiger partial charge in [0.1, 0.15) is 9.90 Å². The Labute approximate surface area is 121 Å². The van der Waals surface area contributed by atoms with Crippen LogP contribution in [0.15, 0.2) is 26.1 Å². The summed E-state index contributed by atoms with van der Waals surface area (Å²) in [5.41, 5.74) is 1.63. The van der Waals surface area contributed by atoms with Gasteiger partial charge in [-0.15, -0.1) is 0 Å². The van der Waals surface area contributed by atoms with Crippen LogP contribution in [0.4, 0.5) is 0 Å². The molecule has 0 radical (unpaired) electrons. The Bertz CT molecular complexity index is 613. The van der Waals surface area contributed by atoms with Gasteiger partial charge >= 0.3 is 5.97 Å². The molecule has 2 aromatic heterocycles. The van der Waals surface area contributed by atoms with E-state index in [1.807, 2.05) is 13.0 Å². The van der Waals surface area contributed by atoms with E-state index in [9.17, 15) is 4.79 Å². The molecule has 0 fully saturated rings.